The van der Waals surface area contributed by atoms with E-state index in [-0.39, 0.29) is 24.4 Å². The lowest BCUT2D eigenvalue weighted by Gasteiger charge is -2.06. The number of nitrogens with one attached hydrogen (secondary N) is 1. The second-order valence-corrected chi connectivity index (χ2v) is 6.30. The quantitative estimate of drug-likeness (QED) is 0.771. The number of methoxy groups -OCH3 is 1. The summed E-state index contributed by atoms with van der Waals surface area (Å²) in [6.07, 6.45) is 2.67. The van der Waals surface area contributed by atoms with Crippen molar-refractivity contribution < 1.29 is 24.2 Å². The van der Waals surface area contributed by atoms with Crippen LogP contribution < -0.4 is 5.32 Å². The van der Waals surface area contributed by atoms with E-state index in [2.05, 4.69) is 10.4 Å². The highest BCUT2D eigenvalue weighted by Crippen LogP contribution is 2.33. The minimum absolute atomic E-state index is 0.0629. The first-order chi connectivity index (χ1) is 11.3. The second kappa shape index (κ2) is 7.26. The summed E-state index contributed by atoms with van der Waals surface area (Å²) < 4.78 is 6.14. The predicted molar refractivity (Wildman–Crippen MR) is 87.6 cm³/mol. The Labute approximate surface area is 142 Å². The Kier molecular flexibility index (Phi) is 5.35. The maximum Gasteiger partial charge on any atom is 0.341 e. The number of rotatable bonds is 6. The summed E-state index contributed by atoms with van der Waals surface area (Å²) in [5, 5.41) is 15.9. The van der Waals surface area contributed by atoms with Crippen LogP contribution in [0.25, 0.3) is 0 Å². The fraction of sp³-hybridized carbons (Fsp3) is 0.333. The number of esters is 1. The van der Waals surface area contributed by atoms with Gasteiger partial charge in [0.05, 0.1) is 24.4 Å². The van der Waals surface area contributed by atoms with Gasteiger partial charge in [-0.25, -0.2) is 9.59 Å². The Morgan fingerprint density at radius 3 is 2.67 bits per heavy atom. The van der Waals surface area contributed by atoms with Crippen molar-refractivity contribution in [3.63, 3.8) is 0 Å². The zero-order valence-corrected chi connectivity index (χ0v) is 14.3. The highest BCUT2D eigenvalue weighted by Gasteiger charge is 2.21. The van der Waals surface area contributed by atoms with Crippen LogP contribution in [-0.4, -0.2) is 39.8 Å². The largest absolute Gasteiger partial charge is 0.478 e. The minimum Gasteiger partial charge on any atom is -0.478 e. The van der Waals surface area contributed by atoms with Crippen LogP contribution in [0.15, 0.2) is 12.4 Å². The Morgan fingerprint density at radius 2 is 2.08 bits per heavy atom. The molecule has 8 nitrogen and oxygen atoms in total. The summed E-state index contributed by atoms with van der Waals surface area (Å²) in [4.78, 5) is 35.7. The molecule has 1 amide bonds. The third-order valence-corrected chi connectivity index (χ3v) is 4.60. The van der Waals surface area contributed by atoms with Crippen LogP contribution in [0.3, 0.4) is 0 Å². The molecule has 0 atom stereocenters. The molecule has 0 spiro atoms. The van der Waals surface area contributed by atoms with E-state index in [0.717, 1.165) is 10.4 Å². The van der Waals surface area contributed by atoms with Gasteiger partial charge in [0.1, 0.15) is 5.00 Å². The molecule has 0 saturated heterocycles. The Bertz CT molecular complexity index is 793. The highest BCUT2D eigenvalue weighted by molar-refractivity contribution is 7.16. The average molecular weight is 351 g/mol. The van der Waals surface area contributed by atoms with Crippen LogP contribution in [0, 0.1) is 13.8 Å². The number of aryl methyl sites for hydroxylation is 2. The van der Waals surface area contributed by atoms with E-state index in [4.69, 9.17) is 9.84 Å². The van der Waals surface area contributed by atoms with Crippen molar-refractivity contribution in [3.8, 4) is 0 Å². The molecule has 0 bridgehead atoms. The standard InChI is InChI=1S/C15H17N3O5S/c1-8-9(2)24-13(12(8)15(22)23-3)17-11(19)4-5-18-7-10(6-16-18)14(20)21/h6-7H,4-5H2,1-3H3,(H,17,19)(H,20,21). The lowest BCUT2D eigenvalue weighted by Crippen LogP contribution is -2.16. The highest BCUT2D eigenvalue weighted by atomic mass is 32.1. The zero-order valence-electron chi connectivity index (χ0n) is 13.5. The van der Waals surface area contributed by atoms with Crippen molar-refractivity contribution in [2.45, 2.75) is 26.8 Å². The summed E-state index contributed by atoms with van der Waals surface area (Å²) in [5.74, 6) is -1.86. The number of anilines is 1. The Balaban J connectivity index is 2.03. The first-order valence-electron chi connectivity index (χ1n) is 7.07. The Hall–Kier alpha value is -2.68. The number of thiophene rings is 1. The van der Waals surface area contributed by atoms with Crippen LogP contribution in [0.2, 0.25) is 0 Å². The summed E-state index contributed by atoms with van der Waals surface area (Å²) in [6.45, 7) is 3.89. The van der Waals surface area contributed by atoms with Gasteiger partial charge in [0.25, 0.3) is 0 Å². The molecule has 0 aliphatic heterocycles. The number of ether oxygens (including phenoxy) is 1. The molecule has 0 aliphatic carbocycles. The van der Waals surface area contributed by atoms with Crippen LogP contribution in [-0.2, 0) is 16.1 Å². The van der Waals surface area contributed by atoms with E-state index in [1.54, 1.807) is 6.92 Å². The number of hydrogen-bond acceptors (Lipinski definition) is 6. The Morgan fingerprint density at radius 1 is 1.38 bits per heavy atom. The lowest BCUT2D eigenvalue weighted by atomic mass is 10.1. The third-order valence-electron chi connectivity index (χ3n) is 3.48. The van der Waals surface area contributed by atoms with Gasteiger partial charge in [-0.3, -0.25) is 9.48 Å². The van der Waals surface area contributed by atoms with Crippen molar-refractivity contribution in [1.82, 2.24) is 9.78 Å². The number of carbonyl (C=O) groups excluding carboxylic acids is 2. The number of carboxylic acid groups (broad SMARTS) is 1. The SMILES string of the molecule is COC(=O)c1c(NC(=O)CCn2cc(C(=O)O)cn2)sc(C)c1C. The second-order valence-electron chi connectivity index (χ2n) is 5.07. The van der Waals surface area contributed by atoms with Gasteiger partial charge < -0.3 is 15.2 Å². The average Bonchev–Trinajstić information content (AvgIpc) is 3.11. The molecule has 128 valence electrons. The molecule has 0 aromatic carbocycles. The predicted octanol–water partition coefficient (Wildman–Crippen LogP) is 2.08. The summed E-state index contributed by atoms with van der Waals surface area (Å²) in [5.41, 5.74) is 1.20. The lowest BCUT2D eigenvalue weighted by molar-refractivity contribution is -0.116. The molecule has 0 saturated carbocycles. The summed E-state index contributed by atoms with van der Waals surface area (Å²) in [6, 6.07) is 0. The van der Waals surface area contributed by atoms with Gasteiger partial charge in [0.15, 0.2) is 0 Å². The van der Waals surface area contributed by atoms with E-state index in [1.807, 2.05) is 6.92 Å². The molecule has 2 N–H and O–H groups in total. The van der Waals surface area contributed by atoms with Crippen molar-refractivity contribution in [3.05, 3.63) is 34.0 Å². The molecule has 0 fully saturated rings. The normalized spacial score (nSPS) is 10.5. The number of nitrogens with zero attached hydrogens (tertiary/aromatic N) is 2. The van der Waals surface area contributed by atoms with Crippen molar-refractivity contribution in [2.24, 2.45) is 0 Å². The van der Waals surface area contributed by atoms with Crippen molar-refractivity contribution in [2.75, 3.05) is 12.4 Å². The first-order valence-corrected chi connectivity index (χ1v) is 7.89. The smallest absolute Gasteiger partial charge is 0.341 e. The summed E-state index contributed by atoms with van der Waals surface area (Å²) in [7, 11) is 1.29. The van der Waals surface area contributed by atoms with E-state index in [0.29, 0.717) is 10.6 Å². The zero-order chi connectivity index (χ0) is 17.9. The molecule has 24 heavy (non-hydrogen) atoms. The number of aromatic nitrogens is 2. The van der Waals surface area contributed by atoms with Gasteiger partial charge >= 0.3 is 11.9 Å². The minimum atomic E-state index is -1.07. The van der Waals surface area contributed by atoms with Crippen LogP contribution >= 0.6 is 11.3 Å². The first kappa shape index (κ1) is 17.7. The number of hydrogen-bond donors (Lipinski definition) is 2. The fourth-order valence-corrected chi connectivity index (χ4v) is 3.13. The van der Waals surface area contributed by atoms with Crippen LogP contribution in [0.4, 0.5) is 5.00 Å². The number of aromatic carboxylic acids is 1. The van der Waals surface area contributed by atoms with Gasteiger partial charge in [-0.1, -0.05) is 0 Å². The van der Waals surface area contributed by atoms with Crippen molar-refractivity contribution >= 4 is 34.2 Å². The van der Waals surface area contributed by atoms with Gasteiger partial charge in [-0.2, -0.15) is 5.10 Å². The van der Waals surface area contributed by atoms with E-state index >= 15 is 0 Å². The number of carbonyl (C=O) groups is 3. The van der Waals surface area contributed by atoms with Crippen LogP contribution in [0.5, 0.6) is 0 Å². The van der Waals surface area contributed by atoms with Gasteiger partial charge in [0, 0.05) is 24.0 Å². The topological polar surface area (TPSA) is 111 Å². The molecule has 2 heterocycles. The van der Waals surface area contributed by atoms with Crippen LogP contribution in [0.1, 0.15) is 37.6 Å². The molecule has 0 radical (unpaired) electrons. The molecule has 9 heteroatoms. The van der Waals surface area contributed by atoms with Gasteiger partial charge in [0.2, 0.25) is 5.91 Å². The molecule has 2 rings (SSSR count). The molecule has 2 aromatic heterocycles. The molecular formula is C15H17N3O5S. The van der Waals surface area contributed by atoms with E-state index < -0.39 is 11.9 Å². The number of amides is 1. The van der Waals surface area contributed by atoms with E-state index in [1.165, 1.54) is 35.5 Å². The molecular weight excluding hydrogens is 334 g/mol. The summed E-state index contributed by atoms with van der Waals surface area (Å²) >= 11 is 1.31. The van der Waals surface area contributed by atoms with Gasteiger partial charge in [-0.05, 0) is 19.4 Å². The maximum atomic E-state index is 12.1. The van der Waals surface area contributed by atoms with Gasteiger partial charge in [-0.15, -0.1) is 11.3 Å². The molecule has 0 unspecified atom stereocenters. The van der Waals surface area contributed by atoms with Crippen molar-refractivity contribution in [1.29, 1.82) is 0 Å². The number of carboxylic acids is 1. The maximum absolute atomic E-state index is 12.1. The monoisotopic (exact) mass is 351 g/mol. The third kappa shape index (κ3) is 3.80. The molecule has 2 aromatic rings. The van der Waals surface area contributed by atoms with E-state index in [9.17, 15) is 14.4 Å². The molecule has 0 aliphatic rings. The fourth-order valence-electron chi connectivity index (χ4n) is 2.06.